The van der Waals surface area contributed by atoms with E-state index in [1.165, 1.54) is 0 Å². The van der Waals surface area contributed by atoms with Crippen LogP contribution >= 0.6 is 15.9 Å². The van der Waals surface area contributed by atoms with Gasteiger partial charge in [-0.05, 0) is 45.8 Å². The van der Waals surface area contributed by atoms with Crippen molar-refractivity contribution in [2.24, 2.45) is 0 Å². The number of esters is 1. The number of carbonyl (C=O) groups excluding carboxylic acids is 2. The number of rotatable bonds is 6. The van der Waals surface area contributed by atoms with Crippen LogP contribution in [-0.2, 0) is 16.1 Å². The van der Waals surface area contributed by atoms with Crippen LogP contribution in [-0.4, -0.2) is 25.6 Å². The van der Waals surface area contributed by atoms with E-state index in [1.54, 1.807) is 31.4 Å². The van der Waals surface area contributed by atoms with Crippen LogP contribution in [0.1, 0.15) is 15.9 Å². The predicted molar refractivity (Wildman–Crippen MR) is 89.3 cm³/mol. The van der Waals surface area contributed by atoms with Gasteiger partial charge in [0, 0.05) is 11.0 Å². The molecule has 0 unspecified atom stereocenters. The molecule has 0 heterocycles. The standard InChI is InChI=1S/C17H16BrNO4/c1-22-13-8-6-12(7-9-13)10-19-16(20)11-23-17(21)14-4-2-3-5-15(14)18/h2-9H,10-11H2,1H3,(H,19,20). The Hall–Kier alpha value is -2.34. The lowest BCUT2D eigenvalue weighted by molar-refractivity contribution is -0.124. The van der Waals surface area contributed by atoms with Gasteiger partial charge in [0.05, 0.1) is 12.7 Å². The molecule has 0 saturated heterocycles. The molecule has 2 rings (SSSR count). The number of methoxy groups -OCH3 is 1. The quantitative estimate of drug-likeness (QED) is 0.786. The van der Waals surface area contributed by atoms with Crippen molar-refractivity contribution in [3.63, 3.8) is 0 Å². The average Bonchev–Trinajstić information content (AvgIpc) is 2.58. The summed E-state index contributed by atoms with van der Waals surface area (Å²) < 4.78 is 10.7. The third-order valence-corrected chi connectivity index (χ3v) is 3.77. The smallest absolute Gasteiger partial charge is 0.339 e. The molecule has 120 valence electrons. The summed E-state index contributed by atoms with van der Waals surface area (Å²) in [6.07, 6.45) is 0. The van der Waals surface area contributed by atoms with E-state index in [0.717, 1.165) is 11.3 Å². The fourth-order valence-electron chi connectivity index (χ4n) is 1.83. The van der Waals surface area contributed by atoms with Crippen molar-refractivity contribution >= 4 is 27.8 Å². The highest BCUT2D eigenvalue weighted by Gasteiger charge is 2.12. The van der Waals surface area contributed by atoms with Crippen LogP contribution in [0.3, 0.4) is 0 Å². The zero-order valence-corrected chi connectivity index (χ0v) is 14.1. The largest absolute Gasteiger partial charge is 0.497 e. The molecule has 0 aliphatic heterocycles. The first-order chi connectivity index (χ1) is 11.1. The number of nitrogens with one attached hydrogen (secondary N) is 1. The summed E-state index contributed by atoms with van der Waals surface area (Å²) in [6, 6.07) is 14.2. The Morgan fingerprint density at radius 2 is 1.78 bits per heavy atom. The van der Waals surface area contributed by atoms with Gasteiger partial charge in [0.1, 0.15) is 5.75 Å². The minimum Gasteiger partial charge on any atom is -0.497 e. The fourth-order valence-corrected chi connectivity index (χ4v) is 2.28. The molecule has 0 fully saturated rings. The molecule has 1 N–H and O–H groups in total. The Kier molecular flexibility index (Phi) is 6.17. The Morgan fingerprint density at radius 1 is 1.09 bits per heavy atom. The summed E-state index contributed by atoms with van der Waals surface area (Å²) >= 11 is 3.27. The first-order valence-electron chi connectivity index (χ1n) is 6.91. The molecule has 0 aromatic heterocycles. The van der Waals surface area contributed by atoms with Crippen LogP contribution in [0, 0.1) is 0 Å². The minimum absolute atomic E-state index is 0.323. The van der Waals surface area contributed by atoms with Gasteiger partial charge in [-0.3, -0.25) is 4.79 Å². The van der Waals surface area contributed by atoms with Gasteiger partial charge in [-0.2, -0.15) is 0 Å². The van der Waals surface area contributed by atoms with E-state index in [1.807, 2.05) is 24.3 Å². The topological polar surface area (TPSA) is 64.6 Å². The number of hydrogen-bond donors (Lipinski definition) is 1. The van der Waals surface area contributed by atoms with Gasteiger partial charge >= 0.3 is 5.97 Å². The van der Waals surface area contributed by atoms with Crippen molar-refractivity contribution in [2.75, 3.05) is 13.7 Å². The molecule has 0 radical (unpaired) electrons. The van der Waals surface area contributed by atoms with E-state index < -0.39 is 5.97 Å². The van der Waals surface area contributed by atoms with Crippen molar-refractivity contribution in [3.8, 4) is 5.75 Å². The van der Waals surface area contributed by atoms with Gasteiger partial charge in [0.15, 0.2) is 6.61 Å². The Labute approximate surface area is 142 Å². The second-order valence-electron chi connectivity index (χ2n) is 4.68. The van der Waals surface area contributed by atoms with E-state index in [0.29, 0.717) is 16.6 Å². The molecule has 0 saturated carbocycles. The molecule has 6 heteroatoms. The van der Waals surface area contributed by atoms with Gasteiger partial charge < -0.3 is 14.8 Å². The normalized spacial score (nSPS) is 10.0. The second kappa shape index (κ2) is 8.33. The summed E-state index contributed by atoms with van der Waals surface area (Å²) in [4.78, 5) is 23.6. The van der Waals surface area contributed by atoms with Crippen molar-refractivity contribution < 1.29 is 19.1 Å². The molecule has 0 atom stereocenters. The fraction of sp³-hybridized carbons (Fsp3) is 0.176. The number of ether oxygens (including phenoxy) is 2. The molecule has 0 spiro atoms. The summed E-state index contributed by atoms with van der Waals surface area (Å²) in [5, 5.41) is 2.69. The van der Waals surface area contributed by atoms with Crippen LogP contribution in [0.15, 0.2) is 53.0 Å². The zero-order chi connectivity index (χ0) is 16.7. The number of hydrogen-bond acceptors (Lipinski definition) is 4. The van der Waals surface area contributed by atoms with Crippen LogP contribution in [0.2, 0.25) is 0 Å². The van der Waals surface area contributed by atoms with E-state index in [2.05, 4.69) is 21.2 Å². The molecule has 0 bridgehead atoms. The third-order valence-electron chi connectivity index (χ3n) is 3.08. The lowest BCUT2D eigenvalue weighted by Crippen LogP contribution is -2.28. The average molecular weight is 378 g/mol. The lowest BCUT2D eigenvalue weighted by atomic mass is 10.2. The van der Waals surface area contributed by atoms with Crippen LogP contribution < -0.4 is 10.1 Å². The highest BCUT2D eigenvalue weighted by molar-refractivity contribution is 9.10. The molecule has 1 amide bonds. The summed E-state index contributed by atoms with van der Waals surface area (Å²) in [6.45, 7) is 0.0335. The molecule has 23 heavy (non-hydrogen) atoms. The van der Waals surface area contributed by atoms with Crippen molar-refractivity contribution in [3.05, 3.63) is 64.1 Å². The van der Waals surface area contributed by atoms with Gasteiger partial charge in [-0.25, -0.2) is 4.79 Å². The highest BCUT2D eigenvalue weighted by Crippen LogP contribution is 2.16. The Balaban J connectivity index is 1.78. The third kappa shape index (κ3) is 5.10. The number of halogens is 1. The minimum atomic E-state index is -0.544. The SMILES string of the molecule is COc1ccc(CNC(=O)COC(=O)c2ccccc2Br)cc1. The van der Waals surface area contributed by atoms with E-state index in [9.17, 15) is 9.59 Å². The van der Waals surface area contributed by atoms with Gasteiger partial charge in [-0.15, -0.1) is 0 Å². The van der Waals surface area contributed by atoms with Crippen LogP contribution in [0.5, 0.6) is 5.75 Å². The highest BCUT2D eigenvalue weighted by atomic mass is 79.9. The predicted octanol–water partition coefficient (Wildman–Crippen LogP) is 2.93. The summed E-state index contributed by atoms with van der Waals surface area (Å²) in [7, 11) is 1.59. The maximum atomic E-state index is 11.9. The van der Waals surface area contributed by atoms with Crippen LogP contribution in [0.4, 0.5) is 0 Å². The van der Waals surface area contributed by atoms with Gasteiger partial charge in [0.2, 0.25) is 0 Å². The molecule has 5 nitrogen and oxygen atoms in total. The maximum Gasteiger partial charge on any atom is 0.339 e. The molecule has 2 aromatic rings. The van der Waals surface area contributed by atoms with E-state index >= 15 is 0 Å². The molecular weight excluding hydrogens is 362 g/mol. The first-order valence-corrected chi connectivity index (χ1v) is 7.70. The van der Waals surface area contributed by atoms with Crippen LogP contribution in [0.25, 0.3) is 0 Å². The maximum absolute atomic E-state index is 11.9. The Bertz CT molecular complexity index is 685. The second-order valence-corrected chi connectivity index (χ2v) is 5.54. The molecular formula is C17H16BrNO4. The molecule has 2 aromatic carbocycles. The zero-order valence-electron chi connectivity index (χ0n) is 12.5. The number of carbonyl (C=O) groups is 2. The van der Waals surface area contributed by atoms with Crippen molar-refractivity contribution in [1.29, 1.82) is 0 Å². The monoisotopic (exact) mass is 377 g/mol. The van der Waals surface area contributed by atoms with Gasteiger partial charge in [0.25, 0.3) is 5.91 Å². The number of amides is 1. The Morgan fingerprint density at radius 3 is 2.43 bits per heavy atom. The van der Waals surface area contributed by atoms with Gasteiger partial charge in [-0.1, -0.05) is 24.3 Å². The number of benzene rings is 2. The van der Waals surface area contributed by atoms with Crippen molar-refractivity contribution in [2.45, 2.75) is 6.54 Å². The van der Waals surface area contributed by atoms with E-state index in [-0.39, 0.29) is 12.5 Å². The molecule has 0 aliphatic rings. The summed E-state index contributed by atoms with van der Waals surface area (Å²) in [5.41, 5.74) is 1.31. The van der Waals surface area contributed by atoms with Crippen molar-refractivity contribution in [1.82, 2.24) is 5.32 Å². The molecule has 0 aliphatic carbocycles. The summed E-state index contributed by atoms with van der Waals surface area (Å²) in [5.74, 6) is -0.152. The first kappa shape index (κ1) is 17.0. The van der Waals surface area contributed by atoms with E-state index in [4.69, 9.17) is 9.47 Å². The lowest BCUT2D eigenvalue weighted by Gasteiger charge is -2.08.